The molecule has 4 rings (SSSR count). The second-order valence-electron chi connectivity index (χ2n) is 11.9. The first-order chi connectivity index (χ1) is 21.0. The standard InChI is InChI=1S/C35H45N3O5S/c1-6-33(35(40)36-29-11-7-8-12-29)37(23-27-10-9-13-31(22-27)43-5)34(39)24-38(30-18-16-28(17-19-30)25(2)3)44(41,42)32-20-14-26(4)15-21-32/h9-10,13-22,25,29,33H,6-8,11-12,23-24H2,1-5H3,(H,36,40)/t33-/m0/s1. The minimum absolute atomic E-state index is 0.0863. The van der Waals surface area contributed by atoms with Gasteiger partial charge in [-0.15, -0.1) is 0 Å². The molecule has 1 N–H and O–H groups in total. The van der Waals surface area contributed by atoms with Crippen LogP contribution in [-0.4, -0.2) is 50.9 Å². The Bertz CT molecular complexity index is 1510. The average molecular weight is 620 g/mol. The number of carbonyl (C=O) groups excluding carboxylic acids is 2. The molecule has 0 unspecified atom stereocenters. The number of aryl methyl sites for hydroxylation is 1. The van der Waals surface area contributed by atoms with E-state index in [0.29, 0.717) is 17.9 Å². The molecule has 236 valence electrons. The predicted octanol–water partition coefficient (Wildman–Crippen LogP) is 6.19. The van der Waals surface area contributed by atoms with Crippen molar-refractivity contribution in [1.82, 2.24) is 10.2 Å². The Hall–Kier alpha value is -3.85. The molecule has 0 aromatic heterocycles. The van der Waals surface area contributed by atoms with Crippen molar-refractivity contribution in [3.8, 4) is 5.75 Å². The van der Waals surface area contributed by atoms with E-state index in [0.717, 1.165) is 46.7 Å². The summed E-state index contributed by atoms with van der Waals surface area (Å²) in [7, 11) is -2.55. The van der Waals surface area contributed by atoms with E-state index in [1.807, 2.05) is 50.2 Å². The number of carbonyl (C=O) groups is 2. The normalized spacial score (nSPS) is 14.3. The molecule has 0 aliphatic heterocycles. The number of ether oxygens (including phenoxy) is 1. The fourth-order valence-corrected chi connectivity index (χ4v) is 7.06. The monoisotopic (exact) mass is 619 g/mol. The van der Waals surface area contributed by atoms with Crippen molar-refractivity contribution in [1.29, 1.82) is 0 Å². The Morgan fingerprint density at radius 1 is 0.977 bits per heavy atom. The summed E-state index contributed by atoms with van der Waals surface area (Å²) in [5, 5.41) is 3.15. The van der Waals surface area contributed by atoms with Gasteiger partial charge in [0.15, 0.2) is 0 Å². The van der Waals surface area contributed by atoms with E-state index >= 15 is 0 Å². The maximum Gasteiger partial charge on any atom is 0.264 e. The molecule has 9 heteroatoms. The summed E-state index contributed by atoms with van der Waals surface area (Å²) in [4.78, 5) is 29.6. The molecule has 1 aliphatic carbocycles. The number of hydrogen-bond donors (Lipinski definition) is 1. The molecule has 0 radical (unpaired) electrons. The highest BCUT2D eigenvalue weighted by Crippen LogP contribution is 2.27. The molecule has 0 saturated heterocycles. The molecule has 2 amide bonds. The first kappa shape index (κ1) is 33.1. The van der Waals surface area contributed by atoms with E-state index < -0.39 is 28.5 Å². The third-order valence-corrected chi connectivity index (χ3v) is 10.1. The van der Waals surface area contributed by atoms with Crippen LogP contribution in [0.15, 0.2) is 77.7 Å². The number of rotatable bonds is 13. The molecule has 3 aromatic rings. The molecular formula is C35H45N3O5S. The van der Waals surface area contributed by atoms with Crippen LogP contribution in [0.5, 0.6) is 5.75 Å². The molecule has 3 aromatic carbocycles. The third-order valence-electron chi connectivity index (χ3n) is 8.31. The molecule has 1 fully saturated rings. The fourth-order valence-electron chi connectivity index (χ4n) is 5.65. The summed E-state index contributed by atoms with van der Waals surface area (Å²) >= 11 is 0. The molecule has 0 spiro atoms. The number of anilines is 1. The molecular weight excluding hydrogens is 574 g/mol. The number of nitrogens with one attached hydrogen (secondary N) is 1. The largest absolute Gasteiger partial charge is 0.497 e. The van der Waals surface area contributed by atoms with E-state index in [2.05, 4.69) is 19.2 Å². The van der Waals surface area contributed by atoms with Gasteiger partial charge in [0.05, 0.1) is 17.7 Å². The topological polar surface area (TPSA) is 96.0 Å². The van der Waals surface area contributed by atoms with Gasteiger partial charge in [0.1, 0.15) is 18.3 Å². The van der Waals surface area contributed by atoms with Crippen molar-refractivity contribution < 1.29 is 22.7 Å². The number of hydrogen-bond acceptors (Lipinski definition) is 5. The molecule has 1 atom stereocenters. The van der Waals surface area contributed by atoms with E-state index in [1.54, 1.807) is 43.5 Å². The molecule has 44 heavy (non-hydrogen) atoms. The number of benzene rings is 3. The molecule has 8 nitrogen and oxygen atoms in total. The molecule has 1 aliphatic rings. The van der Waals surface area contributed by atoms with Gasteiger partial charge in [0, 0.05) is 12.6 Å². The van der Waals surface area contributed by atoms with Crippen LogP contribution in [0, 0.1) is 6.92 Å². The van der Waals surface area contributed by atoms with Crippen molar-refractivity contribution in [2.45, 2.75) is 89.2 Å². The van der Waals surface area contributed by atoms with Crippen molar-refractivity contribution in [2.75, 3.05) is 18.0 Å². The van der Waals surface area contributed by atoms with Crippen molar-refractivity contribution in [3.05, 3.63) is 89.5 Å². The Balaban J connectivity index is 1.73. The highest BCUT2D eigenvalue weighted by atomic mass is 32.2. The Morgan fingerprint density at radius 3 is 2.23 bits per heavy atom. The molecule has 0 bridgehead atoms. The zero-order valence-electron chi connectivity index (χ0n) is 26.5. The van der Waals surface area contributed by atoms with Gasteiger partial charge >= 0.3 is 0 Å². The van der Waals surface area contributed by atoms with Crippen LogP contribution in [0.3, 0.4) is 0 Å². The van der Waals surface area contributed by atoms with Crippen molar-refractivity contribution in [2.24, 2.45) is 0 Å². The highest BCUT2D eigenvalue weighted by molar-refractivity contribution is 7.92. The summed E-state index contributed by atoms with van der Waals surface area (Å²) in [6.07, 6.45) is 4.34. The first-order valence-corrected chi connectivity index (χ1v) is 16.9. The third kappa shape index (κ3) is 8.00. The molecule has 1 saturated carbocycles. The summed E-state index contributed by atoms with van der Waals surface area (Å²) < 4.78 is 34.8. The van der Waals surface area contributed by atoms with E-state index in [-0.39, 0.29) is 29.3 Å². The van der Waals surface area contributed by atoms with Crippen LogP contribution in [0.1, 0.15) is 75.5 Å². The lowest BCUT2D eigenvalue weighted by atomic mass is 10.0. The van der Waals surface area contributed by atoms with E-state index in [1.165, 1.54) is 4.90 Å². The van der Waals surface area contributed by atoms with Gasteiger partial charge in [-0.05, 0) is 79.6 Å². The van der Waals surface area contributed by atoms with Gasteiger partial charge in [-0.3, -0.25) is 13.9 Å². The number of nitrogens with zero attached hydrogens (tertiary/aromatic N) is 2. The van der Waals surface area contributed by atoms with Crippen LogP contribution in [0.25, 0.3) is 0 Å². The Kier molecular flexibility index (Phi) is 11.1. The lowest BCUT2D eigenvalue weighted by molar-refractivity contribution is -0.140. The second kappa shape index (κ2) is 14.8. The fraction of sp³-hybridized carbons (Fsp3) is 0.429. The zero-order chi connectivity index (χ0) is 31.9. The van der Waals surface area contributed by atoms with Gasteiger partial charge in [0.25, 0.3) is 10.0 Å². The minimum Gasteiger partial charge on any atom is -0.497 e. The number of methoxy groups -OCH3 is 1. The van der Waals surface area contributed by atoms with Gasteiger partial charge in [-0.2, -0.15) is 0 Å². The summed E-state index contributed by atoms with van der Waals surface area (Å²) in [6.45, 7) is 7.55. The smallest absolute Gasteiger partial charge is 0.264 e. The van der Waals surface area contributed by atoms with Gasteiger partial charge in [-0.1, -0.05) is 75.6 Å². The van der Waals surface area contributed by atoms with Crippen LogP contribution >= 0.6 is 0 Å². The van der Waals surface area contributed by atoms with Gasteiger partial charge in [-0.25, -0.2) is 8.42 Å². The average Bonchev–Trinajstić information content (AvgIpc) is 3.53. The summed E-state index contributed by atoms with van der Waals surface area (Å²) in [5.41, 5.74) is 3.14. The van der Waals surface area contributed by atoms with Crippen molar-refractivity contribution in [3.63, 3.8) is 0 Å². The number of amides is 2. The van der Waals surface area contributed by atoms with Crippen LogP contribution in [0.2, 0.25) is 0 Å². The molecule has 0 heterocycles. The maximum absolute atomic E-state index is 14.3. The quantitative estimate of drug-likeness (QED) is 0.246. The first-order valence-electron chi connectivity index (χ1n) is 15.5. The number of sulfonamides is 1. The SMILES string of the molecule is CC[C@@H](C(=O)NC1CCCC1)N(Cc1cccc(OC)c1)C(=O)CN(c1ccc(C(C)C)cc1)S(=O)(=O)c1ccc(C)cc1. The van der Waals surface area contributed by atoms with Gasteiger partial charge in [0.2, 0.25) is 11.8 Å². The van der Waals surface area contributed by atoms with Crippen LogP contribution in [0.4, 0.5) is 5.69 Å². The lowest BCUT2D eigenvalue weighted by Crippen LogP contribution is -2.53. The summed E-state index contributed by atoms with van der Waals surface area (Å²) in [6, 6.07) is 20.5. The zero-order valence-corrected chi connectivity index (χ0v) is 27.3. The van der Waals surface area contributed by atoms with E-state index in [4.69, 9.17) is 4.74 Å². The Labute approximate surface area is 262 Å². The minimum atomic E-state index is -4.12. The van der Waals surface area contributed by atoms with Crippen molar-refractivity contribution >= 4 is 27.5 Å². The maximum atomic E-state index is 14.3. The lowest BCUT2D eigenvalue weighted by Gasteiger charge is -2.34. The Morgan fingerprint density at radius 2 is 1.64 bits per heavy atom. The van der Waals surface area contributed by atoms with E-state index in [9.17, 15) is 18.0 Å². The highest BCUT2D eigenvalue weighted by Gasteiger charge is 2.34. The summed E-state index contributed by atoms with van der Waals surface area (Å²) in [5.74, 6) is 0.205. The van der Waals surface area contributed by atoms with Gasteiger partial charge < -0.3 is 15.0 Å². The van der Waals surface area contributed by atoms with Crippen LogP contribution in [-0.2, 0) is 26.2 Å². The van der Waals surface area contributed by atoms with Crippen LogP contribution < -0.4 is 14.4 Å². The second-order valence-corrected chi connectivity index (χ2v) is 13.7. The predicted molar refractivity (Wildman–Crippen MR) is 174 cm³/mol.